The molecule has 0 radical (unpaired) electrons. The van der Waals surface area contributed by atoms with E-state index in [2.05, 4.69) is 43.2 Å². The van der Waals surface area contributed by atoms with Crippen LogP contribution < -0.4 is 5.32 Å². The highest BCUT2D eigenvalue weighted by molar-refractivity contribution is 5.05. The first-order valence-electron chi connectivity index (χ1n) is 7.14. The first-order chi connectivity index (χ1) is 9.47. The minimum Gasteiger partial charge on any atom is -0.379 e. The van der Waals surface area contributed by atoms with Gasteiger partial charge in [-0.3, -0.25) is 0 Å². The van der Waals surface area contributed by atoms with Crippen molar-refractivity contribution in [2.24, 2.45) is 5.41 Å². The molecular weight excluding hydrogens is 258 g/mol. The van der Waals surface area contributed by atoms with Gasteiger partial charge in [-0.05, 0) is 12.0 Å². The smallest absolute Gasteiger partial charge is 0.233 e. The van der Waals surface area contributed by atoms with Crippen LogP contribution in [0.15, 0.2) is 4.52 Å². The van der Waals surface area contributed by atoms with E-state index in [-0.39, 0.29) is 23.5 Å². The minimum absolute atomic E-state index is 0.0802. The quantitative estimate of drug-likeness (QED) is 0.890. The molecule has 1 fully saturated rings. The molecule has 6 heteroatoms. The van der Waals surface area contributed by atoms with E-state index in [1.165, 1.54) is 0 Å². The lowest BCUT2D eigenvalue weighted by molar-refractivity contribution is 0.00718. The van der Waals surface area contributed by atoms with Gasteiger partial charge in [0.1, 0.15) is 6.10 Å². The van der Waals surface area contributed by atoms with Crippen LogP contribution in [0.1, 0.15) is 51.4 Å². The largest absolute Gasteiger partial charge is 0.379 e. The van der Waals surface area contributed by atoms with Gasteiger partial charge < -0.3 is 19.3 Å². The molecule has 1 saturated heterocycles. The molecule has 1 N–H and O–H groups in total. The molecular formula is C14H25N3O3. The Labute approximate surface area is 120 Å². The van der Waals surface area contributed by atoms with Gasteiger partial charge in [0.2, 0.25) is 11.7 Å². The Bertz CT molecular complexity index is 428. The van der Waals surface area contributed by atoms with Gasteiger partial charge in [-0.2, -0.15) is 4.98 Å². The Morgan fingerprint density at radius 3 is 2.75 bits per heavy atom. The lowest BCUT2D eigenvalue weighted by Crippen LogP contribution is -2.34. The molecule has 1 aromatic heterocycles. The highest BCUT2D eigenvalue weighted by atomic mass is 16.5. The molecule has 20 heavy (non-hydrogen) atoms. The third-order valence-corrected chi connectivity index (χ3v) is 3.58. The van der Waals surface area contributed by atoms with Crippen LogP contribution in [0.2, 0.25) is 0 Å². The normalized spacial score (nSPS) is 25.1. The summed E-state index contributed by atoms with van der Waals surface area (Å²) in [5.74, 6) is 1.36. The molecule has 0 amide bonds. The number of nitrogens with zero attached hydrogens (tertiary/aromatic N) is 2. The molecule has 0 bridgehead atoms. The van der Waals surface area contributed by atoms with Crippen molar-refractivity contribution < 1.29 is 14.0 Å². The highest BCUT2D eigenvalue weighted by Gasteiger charge is 2.36. The average molecular weight is 283 g/mol. The predicted octanol–water partition coefficient (Wildman–Crippen LogP) is 1.90. The Kier molecular flexibility index (Phi) is 4.78. The fourth-order valence-corrected chi connectivity index (χ4v) is 2.61. The van der Waals surface area contributed by atoms with E-state index >= 15 is 0 Å². The lowest BCUT2D eigenvalue weighted by atomic mass is 9.88. The number of hydrogen-bond donors (Lipinski definition) is 1. The lowest BCUT2D eigenvalue weighted by Gasteiger charge is -2.26. The average Bonchev–Trinajstić information content (AvgIpc) is 2.97. The second-order valence-corrected chi connectivity index (χ2v) is 6.28. The predicted molar refractivity (Wildman–Crippen MR) is 74.5 cm³/mol. The van der Waals surface area contributed by atoms with Crippen LogP contribution in [-0.4, -0.2) is 43.1 Å². The molecule has 0 saturated carbocycles. The minimum atomic E-state index is -0.181. The summed E-state index contributed by atoms with van der Waals surface area (Å²) in [6.45, 7) is 10.6. The number of nitrogens with one attached hydrogen (secondary N) is 1. The van der Waals surface area contributed by atoms with Gasteiger partial charge in [-0.15, -0.1) is 0 Å². The fourth-order valence-electron chi connectivity index (χ4n) is 2.61. The molecule has 0 spiro atoms. The van der Waals surface area contributed by atoms with Crippen molar-refractivity contribution in [1.82, 2.24) is 15.5 Å². The Morgan fingerprint density at radius 1 is 1.40 bits per heavy atom. The van der Waals surface area contributed by atoms with Crippen molar-refractivity contribution >= 4 is 0 Å². The Balaban J connectivity index is 2.16. The second kappa shape index (κ2) is 6.20. The number of rotatable bonds is 5. The molecule has 2 heterocycles. The van der Waals surface area contributed by atoms with Crippen LogP contribution >= 0.6 is 0 Å². The number of ether oxygens (including phenoxy) is 2. The van der Waals surface area contributed by atoms with Crippen LogP contribution in [-0.2, 0) is 9.47 Å². The van der Waals surface area contributed by atoms with Gasteiger partial charge in [0.25, 0.3) is 0 Å². The van der Waals surface area contributed by atoms with Gasteiger partial charge in [-0.1, -0.05) is 32.9 Å². The molecule has 2 rings (SSSR count). The van der Waals surface area contributed by atoms with Crippen LogP contribution in [0.4, 0.5) is 0 Å². The van der Waals surface area contributed by atoms with Crippen molar-refractivity contribution in [3.8, 4) is 0 Å². The second-order valence-electron chi connectivity index (χ2n) is 6.28. The van der Waals surface area contributed by atoms with E-state index in [9.17, 15) is 0 Å². The molecule has 3 atom stereocenters. The summed E-state index contributed by atoms with van der Waals surface area (Å²) in [5.41, 5.74) is -0.0802. The number of aromatic nitrogens is 2. The van der Waals surface area contributed by atoms with Crippen molar-refractivity contribution in [2.75, 3.05) is 26.9 Å². The zero-order valence-corrected chi connectivity index (χ0v) is 13.0. The summed E-state index contributed by atoms with van der Waals surface area (Å²) in [5, 5.41) is 7.49. The molecule has 6 nitrogen and oxygen atoms in total. The molecule has 1 aromatic rings. The summed E-state index contributed by atoms with van der Waals surface area (Å²) in [7, 11) is 1.67. The summed E-state index contributed by atoms with van der Waals surface area (Å²) in [4.78, 5) is 4.54. The summed E-state index contributed by atoms with van der Waals surface area (Å²) in [6, 6.07) is 0.240. The van der Waals surface area contributed by atoms with Crippen LogP contribution in [0.5, 0.6) is 0 Å². The third-order valence-electron chi connectivity index (χ3n) is 3.58. The maximum atomic E-state index is 5.52. The van der Waals surface area contributed by atoms with E-state index in [1.54, 1.807) is 7.11 Å². The Hall–Kier alpha value is -0.980. The highest BCUT2D eigenvalue weighted by Crippen LogP contribution is 2.35. The van der Waals surface area contributed by atoms with Gasteiger partial charge >= 0.3 is 0 Å². The van der Waals surface area contributed by atoms with Crippen molar-refractivity contribution in [3.63, 3.8) is 0 Å². The van der Waals surface area contributed by atoms with E-state index < -0.39 is 0 Å². The Morgan fingerprint density at radius 2 is 2.15 bits per heavy atom. The van der Waals surface area contributed by atoms with Crippen LogP contribution in [0, 0.1) is 5.41 Å². The topological polar surface area (TPSA) is 69.4 Å². The summed E-state index contributed by atoms with van der Waals surface area (Å²) in [6.07, 6.45) is -0.181. The first-order valence-corrected chi connectivity index (χ1v) is 7.14. The third kappa shape index (κ3) is 3.19. The molecule has 114 valence electrons. The van der Waals surface area contributed by atoms with E-state index in [0.29, 0.717) is 24.9 Å². The van der Waals surface area contributed by atoms with Crippen LogP contribution in [0.3, 0.4) is 0 Å². The SMILES string of the molecule is CCNC1COCC1c1nc(C(OC)C(C)(C)C)no1. The molecule has 1 aliphatic heterocycles. The molecule has 3 unspecified atom stereocenters. The zero-order chi connectivity index (χ0) is 14.8. The standard InChI is InChI=1S/C14H25N3O3/c1-6-15-10-8-19-7-9(10)13-16-12(17-20-13)11(18-5)14(2,3)4/h9-11,15H,6-8H2,1-5H3. The van der Waals surface area contributed by atoms with Crippen molar-refractivity contribution in [1.29, 1.82) is 0 Å². The monoisotopic (exact) mass is 283 g/mol. The van der Waals surface area contributed by atoms with Gasteiger partial charge in [0, 0.05) is 13.2 Å². The number of hydrogen-bond acceptors (Lipinski definition) is 6. The van der Waals surface area contributed by atoms with Crippen molar-refractivity contribution in [2.45, 2.75) is 45.8 Å². The van der Waals surface area contributed by atoms with Crippen molar-refractivity contribution in [3.05, 3.63) is 11.7 Å². The van der Waals surface area contributed by atoms with E-state index in [0.717, 1.165) is 6.54 Å². The maximum absolute atomic E-state index is 5.52. The molecule has 0 aromatic carbocycles. The van der Waals surface area contributed by atoms with Crippen LogP contribution in [0.25, 0.3) is 0 Å². The maximum Gasteiger partial charge on any atom is 0.233 e. The van der Waals surface area contributed by atoms with Gasteiger partial charge in [0.15, 0.2) is 0 Å². The van der Waals surface area contributed by atoms with E-state index in [1.807, 2.05) is 0 Å². The molecule has 0 aliphatic carbocycles. The number of methoxy groups -OCH3 is 1. The first kappa shape index (κ1) is 15.4. The van der Waals surface area contributed by atoms with Gasteiger partial charge in [-0.25, -0.2) is 0 Å². The van der Waals surface area contributed by atoms with Gasteiger partial charge in [0.05, 0.1) is 19.1 Å². The number of likely N-dealkylation sites (N-methyl/N-ethyl adjacent to an activating group) is 1. The summed E-state index contributed by atoms with van der Waals surface area (Å²) < 4.78 is 16.5. The molecule has 1 aliphatic rings. The fraction of sp³-hybridized carbons (Fsp3) is 0.857. The van der Waals surface area contributed by atoms with E-state index in [4.69, 9.17) is 14.0 Å². The summed E-state index contributed by atoms with van der Waals surface area (Å²) >= 11 is 0. The zero-order valence-electron chi connectivity index (χ0n) is 13.0.